The monoisotopic (exact) mass is 306 g/mol. The van der Waals surface area contributed by atoms with Crippen LogP contribution in [0.25, 0.3) is 0 Å². The lowest BCUT2D eigenvalue weighted by Crippen LogP contribution is -2.11. The van der Waals surface area contributed by atoms with Crippen molar-refractivity contribution in [3.8, 4) is 0 Å². The molecular formula is C14H14N2O2S2. The Morgan fingerprint density at radius 2 is 1.65 bits per heavy atom. The number of nitrogens with two attached hydrogens (primary N) is 1. The summed E-state index contributed by atoms with van der Waals surface area (Å²) in [7, 11) is -3.65. The number of nitrogens with zero attached hydrogens (tertiary/aromatic N) is 1. The van der Waals surface area contributed by atoms with Gasteiger partial charge < -0.3 is 0 Å². The zero-order chi connectivity index (χ0) is 14.6. The van der Waals surface area contributed by atoms with Gasteiger partial charge in [0.25, 0.3) is 0 Å². The van der Waals surface area contributed by atoms with E-state index in [-0.39, 0.29) is 4.90 Å². The van der Waals surface area contributed by atoms with Crippen molar-refractivity contribution in [1.82, 2.24) is 0 Å². The Morgan fingerprint density at radius 3 is 2.15 bits per heavy atom. The molecule has 2 aromatic carbocycles. The molecule has 0 aliphatic rings. The number of thioether (sulfide) groups is 1. The molecule has 2 N–H and O–H groups in total. The van der Waals surface area contributed by atoms with Gasteiger partial charge in [-0.1, -0.05) is 12.1 Å². The molecular weight excluding hydrogens is 292 g/mol. The number of hydrogen-bond donors (Lipinski definition) is 1. The van der Waals surface area contributed by atoms with E-state index in [1.807, 2.05) is 30.5 Å². The van der Waals surface area contributed by atoms with Gasteiger partial charge in [-0.05, 0) is 48.2 Å². The van der Waals surface area contributed by atoms with Gasteiger partial charge >= 0.3 is 0 Å². The van der Waals surface area contributed by atoms with E-state index in [0.29, 0.717) is 5.69 Å². The van der Waals surface area contributed by atoms with Gasteiger partial charge in [0.05, 0.1) is 10.6 Å². The lowest BCUT2D eigenvalue weighted by Gasteiger charge is -1.99. The van der Waals surface area contributed by atoms with Crippen molar-refractivity contribution in [3.63, 3.8) is 0 Å². The first-order valence-electron chi connectivity index (χ1n) is 5.80. The number of aliphatic imine (C=N–C) groups is 1. The average molecular weight is 306 g/mol. The minimum Gasteiger partial charge on any atom is -0.256 e. The van der Waals surface area contributed by atoms with E-state index in [4.69, 9.17) is 5.14 Å². The molecule has 4 nitrogen and oxygen atoms in total. The standard InChI is InChI=1S/C14H14N2O2S2/c1-19-13-6-2-11(3-7-13)10-16-12-4-8-14(9-5-12)20(15,17)18/h2-10H,1H3,(H2,15,17,18). The number of benzene rings is 2. The van der Waals surface area contributed by atoms with Crippen LogP contribution < -0.4 is 5.14 Å². The molecule has 0 saturated heterocycles. The largest absolute Gasteiger partial charge is 0.256 e. The van der Waals surface area contributed by atoms with Gasteiger partial charge in [0.2, 0.25) is 10.0 Å². The van der Waals surface area contributed by atoms with Crippen molar-refractivity contribution in [2.45, 2.75) is 9.79 Å². The zero-order valence-corrected chi connectivity index (χ0v) is 12.5. The lowest BCUT2D eigenvalue weighted by molar-refractivity contribution is 0.598. The fraction of sp³-hybridized carbons (Fsp3) is 0.0714. The van der Waals surface area contributed by atoms with E-state index in [1.54, 1.807) is 30.1 Å². The van der Waals surface area contributed by atoms with Crippen LogP contribution in [0.3, 0.4) is 0 Å². The Labute approximate surface area is 122 Å². The summed E-state index contributed by atoms with van der Waals surface area (Å²) in [6.45, 7) is 0. The fourth-order valence-electron chi connectivity index (χ4n) is 1.56. The normalized spacial score (nSPS) is 11.9. The molecule has 6 heteroatoms. The van der Waals surface area contributed by atoms with E-state index in [9.17, 15) is 8.42 Å². The molecule has 0 fully saturated rings. The number of sulfonamides is 1. The quantitative estimate of drug-likeness (QED) is 0.697. The summed E-state index contributed by atoms with van der Waals surface area (Å²) in [6.07, 6.45) is 3.76. The van der Waals surface area contributed by atoms with Crippen molar-refractivity contribution >= 4 is 33.7 Å². The second-order valence-electron chi connectivity index (χ2n) is 4.07. The van der Waals surface area contributed by atoms with Crippen LogP contribution in [0, 0.1) is 0 Å². The lowest BCUT2D eigenvalue weighted by atomic mass is 10.2. The molecule has 0 aliphatic heterocycles. The molecule has 0 bridgehead atoms. The van der Waals surface area contributed by atoms with Crippen molar-refractivity contribution in [1.29, 1.82) is 0 Å². The first-order valence-corrected chi connectivity index (χ1v) is 8.57. The van der Waals surface area contributed by atoms with E-state index in [0.717, 1.165) is 5.56 Å². The molecule has 0 unspecified atom stereocenters. The highest BCUT2D eigenvalue weighted by Gasteiger charge is 2.05. The van der Waals surface area contributed by atoms with Gasteiger partial charge in [-0.15, -0.1) is 11.8 Å². The smallest absolute Gasteiger partial charge is 0.238 e. The Kier molecular flexibility index (Phi) is 4.59. The molecule has 0 atom stereocenters. The van der Waals surface area contributed by atoms with Gasteiger partial charge in [0, 0.05) is 11.1 Å². The van der Waals surface area contributed by atoms with Gasteiger partial charge in [-0.25, -0.2) is 13.6 Å². The maximum Gasteiger partial charge on any atom is 0.238 e. The van der Waals surface area contributed by atoms with Crippen LogP contribution >= 0.6 is 11.8 Å². The highest BCUT2D eigenvalue weighted by atomic mass is 32.2. The average Bonchev–Trinajstić information content (AvgIpc) is 2.45. The molecule has 0 saturated carbocycles. The predicted molar refractivity (Wildman–Crippen MR) is 83.3 cm³/mol. The SMILES string of the molecule is CSc1ccc(C=Nc2ccc(S(N)(=O)=O)cc2)cc1. The minimum atomic E-state index is -3.65. The van der Waals surface area contributed by atoms with E-state index >= 15 is 0 Å². The van der Waals surface area contributed by atoms with Crippen molar-refractivity contribution in [3.05, 3.63) is 54.1 Å². The van der Waals surface area contributed by atoms with E-state index in [2.05, 4.69) is 4.99 Å². The summed E-state index contributed by atoms with van der Waals surface area (Å²) in [5.41, 5.74) is 1.66. The maximum atomic E-state index is 11.1. The first kappa shape index (κ1) is 14.8. The topological polar surface area (TPSA) is 72.5 Å². The Morgan fingerprint density at radius 1 is 1.05 bits per heavy atom. The predicted octanol–water partition coefficient (Wildman–Crippen LogP) is 2.81. The third kappa shape index (κ3) is 3.93. The Bertz CT molecular complexity index is 706. The summed E-state index contributed by atoms with van der Waals surface area (Å²) < 4.78 is 22.2. The van der Waals surface area contributed by atoms with Crippen molar-refractivity contribution in [2.24, 2.45) is 10.1 Å². The Hall–Kier alpha value is -1.63. The molecule has 2 rings (SSSR count). The highest BCUT2D eigenvalue weighted by molar-refractivity contribution is 7.98. The van der Waals surface area contributed by atoms with Gasteiger partial charge in [-0.3, -0.25) is 4.99 Å². The second kappa shape index (κ2) is 6.21. The van der Waals surface area contributed by atoms with Crippen molar-refractivity contribution < 1.29 is 8.42 Å². The maximum absolute atomic E-state index is 11.1. The third-order valence-electron chi connectivity index (χ3n) is 2.64. The fourth-order valence-corrected chi connectivity index (χ4v) is 2.48. The molecule has 20 heavy (non-hydrogen) atoms. The highest BCUT2D eigenvalue weighted by Crippen LogP contribution is 2.17. The molecule has 0 aromatic heterocycles. The Balaban J connectivity index is 2.14. The van der Waals surface area contributed by atoms with Crippen LogP contribution in [-0.2, 0) is 10.0 Å². The molecule has 0 amide bonds. The summed E-state index contributed by atoms with van der Waals surface area (Å²) in [6, 6.07) is 14.1. The summed E-state index contributed by atoms with van der Waals surface area (Å²) in [5, 5.41) is 5.03. The second-order valence-corrected chi connectivity index (χ2v) is 6.51. The first-order chi connectivity index (χ1) is 9.49. The van der Waals surface area contributed by atoms with Crippen LogP contribution in [0.1, 0.15) is 5.56 Å². The van der Waals surface area contributed by atoms with Gasteiger partial charge in [0.1, 0.15) is 0 Å². The molecule has 0 spiro atoms. The zero-order valence-electron chi connectivity index (χ0n) is 10.9. The third-order valence-corrected chi connectivity index (χ3v) is 4.32. The van der Waals surface area contributed by atoms with Crippen LogP contribution in [-0.4, -0.2) is 20.9 Å². The van der Waals surface area contributed by atoms with Crippen molar-refractivity contribution in [2.75, 3.05) is 6.26 Å². The van der Waals surface area contributed by atoms with Gasteiger partial charge in [0.15, 0.2) is 0 Å². The van der Waals surface area contributed by atoms with E-state index < -0.39 is 10.0 Å². The van der Waals surface area contributed by atoms with Crippen LogP contribution in [0.2, 0.25) is 0 Å². The van der Waals surface area contributed by atoms with E-state index in [1.165, 1.54) is 17.0 Å². The van der Waals surface area contributed by atoms with Crippen LogP contribution in [0.15, 0.2) is 63.3 Å². The molecule has 104 valence electrons. The van der Waals surface area contributed by atoms with Crippen LogP contribution in [0.4, 0.5) is 5.69 Å². The minimum absolute atomic E-state index is 0.0840. The van der Waals surface area contributed by atoms with Crippen LogP contribution in [0.5, 0.6) is 0 Å². The molecule has 2 aromatic rings. The molecule has 0 radical (unpaired) electrons. The molecule has 0 aliphatic carbocycles. The number of rotatable bonds is 4. The van der Waals surface area contributed by atoms with Gasteiger partial charge in [-0.2, -0.15) is 0 Å². The molecule has 0 heterocycles. The number of primary sulfonamides is 1. The summed E-state index contributed by atoms with van der Waals surface area (Å²) >= 11 is 1.68. The number of hydrogen-bond acceptors (Lipinski definition) is 4. The summed E-state index contributed by atoms with van der Waals surface area (Å²) in [4.78, 5) is 5.57. The summed E-state index contributed by atoms with van der Waals surface area (Å²) in [5.74, 6) is 0.